The number of carbonyl (C=O) groups excluding carboxylic acids is 8. The molecule has 4 amide bonds. The lowest BCUT2D eigenvalue weighted by atomic mass is 9.78. The Balaban J connectivity index is 0.000000228. The van der Waals surface area contributed by atoms with Crippen molar-refractivity contribution in [1.82, 2.24) is 29.2 Å². The van der Waals surface area contributed by atoms with Gasteiger partial charge in [0.1, 0.15) is 35.3 Å². The van der Waals surface area contributed by atoms with Gasteiger partial charge in [-0.2, -0.15) is 26.3 Å². The summed E-state index contributed by atoms with van der Waals surface area (Å²) in [6.45, 7) is 19.2. The molecule has 6 fully saturated rings. The zero-order chi connectivity index (χ0) is 84.8. The maximum Gasteiger partial charge on any atom is 0.394 e. The molecular weight excluding hydrogens is 1550 g/mol. The molecular formula is C86H112F6N6O16S2. The molecule has 2 aromatic carbocycles. The summed E-state index contributed by atoms with van der Waals surface area (Å²) in [6, 6.07) is 12.2. The fourth-order valence-corrected chi connectivity index (χ4v) is 19.9. The molecule has 2 saturated heterocycles. The minimum absolute atomic E-state index is 0.0147. The molecule has 22 nitrogen and oxygen atoms in total. The first kappa shape index (κ1) is 88.8. The highest BCUT2D eigenvalue weighted by atomic mass is 32.2. The van der Waals surface area contributed by atoms with Crippen molar-refractivity contribution in [2.45, 2.75) is 258 Å². The van der Waals surface area contributed by atoms with Crippen LogP contribution in [0.25, 0.3) is 21.5 Å². The molecule has 8 aliphatic rings. The Morgan fingerprint density at radius 2 is 0.905 bits per heavy atom. The smallest absolute Gasteiger partial charge is 0.394 e. The predicted molar refractivity (Wildman–Crippen MR) is 422 cm³/mol. The van der Waals surface area contributed by atoms with Crippen LogP contribution in [0.2, 0.25) is 0 Å². The Kier molecular flexibility index (Phi) is 26.0. The molecule has 0 unspecified atom stereocenters. The Morgan fingerprint density at radius 3 is 1.24 bits per heavy atom. The maximum atomic E-state index is 14.9. The van der Waals surface area contributed by atoms with Crippen LogP contribution in [-0.4, -0.2) is 156 Å². The normalized spacial score (nSPS) is 29.7. The molecule has 636 valence electrons. The predicted octanol–water partition coefficient (Wildman–Crippen LogP) is 15.0. The number of nitrogens with one attached hydrogen (secondary N) is 2. The minimum Gasteiger partial charge on any atom is -0.494 e. The number of benzene rings is 2. The van der Waals surface area contributed by atoms with Gasteiger partial charge < -0.3 is 28.7 Å². The molecule has 4 saturated carbocycles. The zero-order valence-electron chi connectivity index (χ0n) is 68.4. The van der Waals surface area contributed by atoms with Crippen molar-refractivity contribution in [2.75, 3.05) is 26.3 Å². The van der Waals surface area contributed by atoms with E-state index in [-0.39, 0.29) is 75.2 Å². The van der Waals surface area contributed by atoms with Crippen LogP contribution >= 0.6 is 0 Å². The summed E-state index contributed by atoms with van der Waals surface area (Å²) in [6.07, 6.45) is 2.62. The van der Waals surface area contributed by atoms with E-state index >= 15 is 0 Å². The Labute approximate surface area is 676 Å². The number of fused-ring (bicyclic) bond motifs is 6. The van der Waals surface area contributed by atoms with E-state index in [2.05, 4.69) is 19.4 Å². The fourth-order valence-electron chi connectivity index (χ4n) is 17.3. The van der Waals surface area contributed by atoms with Crippen molar-refractivity contribution >= 4 is 88.4 Å². The lowest BCUT2D eigenvalue weighted by Gasteiger charge is -2.33. The number of carbonyl (C=O) groups is 8. The number of allylic oxidation sites excluding steroid dienone is 4. The number of pyridine rings is 2. The molecule has 4 aliphatic heterocycles. The van der Waals surface area contributed by atoms with E-state index in [4.69, 9.17) is 18.9 Å². The van der Waals surface area contributed by atoms with Crippen LogP contribution in [-0.2, 0) is 58.4 Å². The first-order chi connectivity index (χ1) is 54.2. The highest BCUT2D eigenvalue weighted by Gasteiger charge is 2.65. The molecule has 0 spiro atoms. The van der Waals surface area contributed by atoms with Gasteiger partial charge in [-0.15, -0.1) is 0 Å². The number of ketones is 4. The van der Waals surface area contributed by atoms with Crippen LogP contribution in [0, 0.1) is 69.0 Å². The van der Waals surface area contributed by atoms with Crippen molar-refractivity contribution in [3.63, 3.8) is 0 Å². The highest BCUT2D eigenvalue weighted by molar-refractivity contribution is 7.92. The summed E-state index contributed by atoms with van der Waals surface area (Å²) in [7, 11) is -8.03. The quantitative estimate of drug-likeness (QED) is 0.0546. The molecule has 0 radical (unpaired) electrons. The molecule has 6 heterocycles. The zero-order valence-corrected chi connectivity index (χ0v) is 70.0. The van der Waals surface area contributed by atoms with Gasteiger partial charge in [0, 0.05) is 86.4 Å². The van der Waals surface area contributed by atoms with Gasteiger partial charge in [-0.25, -0.2) is 26.8 Å². The van der Waals surface area contributed by atoms with Gasteiger partial charge in [-0.1, -0.05) is 79.7 Å². The summed E-state index contributed by atoms with van der Waals surface area (Å²) in [5, 5.41) is 2.91. The molecule has 116 heavy (non-hydrogen) atoms. The molecule has 14 atom stereocenters. The topological polar surface area (TPSA) is 298 Å². The number of halogens is 6. The lowest BCUT2D eigenvalue weighted by Crippen LogP contribution is -2.48. The molecule has 0 bridgehead atoms. The molecule has 4 aliphatic carbocycles. The Bertz CT molecular complexity index is 4420. The number of aromatic nitrogens is 2. The first-order valence-corrected chi connectivity index (χ1v) is 43.8. The minimum atomic E-state index is -4.64. The second-order valence-corrected chi connectivity index (χ2v) is 40.7. The van der Waals surface area contributed by atoms with Crippen molar-refractivity contribution in [3.05, 3.63) is 85.2 Å². The number of hydrogen-bond acceptors (Lipinski definition) is 18. The van der Waals surface area contributed by atoms with Crippen LogP contribution < -0.4 is 28.4 Å². The van der Waals surface area contributed by atoms with Gasteiger partial charge >= 0.3 is 12.4 Å². The third-order valence-electron chi connectivity index (χ3n) is 25.9. The molecule has 4 aromatic rings. The Morgan fingerprint density at radius 1 is 0.543 bits per heavy atom. The molecule has 2 N–H and O–H groups in total. The summed E-state index contributed by atoms with van der Waals surface area (Å²) in [5.74, 6) is -6.69. The number of hydrogen-bond donors (Lipinski definition) is 2. The van der Waals surface area contributed by atoms with Gasteiger partial charge in [-0.05, 0) is 200 Å². The largest absolute Gasteiger partial charge is 0.494 e. The average Bonchev–Trinajstić information content (AvgIpc) is 1.57. The standard InChI is InChI=1S/2C43H56F3N3O8S/c2*1-7-56-31-12-13-33-28(19-31)14-17-47-37(33)57-32-21-35-36(51)24-42(39(53)48-58(54,55)41(6)15-16-41)22-29(42)11-9-8-10-26(2)18-27(3)34(38(52)49(35)25-32)20-30(50)23-40(4,5)43(44,45)46/h2*9,11-14,17,19,26-27,29,32,34-35H,7-8,10,15-16,18,20-25H2,1-6H3,(H,48,53)/b2*11-9-/t26-,27+,29+,32+,34-,35-,42+;26-,27-,29-,32-,34+,35+,42-/m01/s1. The number of nitrogens with zero attached hydrogens (tertiary/aromatic N) is 4. The van der Waals surface area contributed by atoms with E-state index in [1.54, 1.807) is 62.6 Å². The lowest BCUT2D eigenvalue weighted by molar-refractivity contribution is -0.213. The molecule has 30 heteroatoms. The summed E-state index contributed by atoms with van der Waals surface area (Å²) >= 11 is 0. The monoisotopic (exact) mass is 1660 g/mol. The fraction of sp³-hybridized carbons (Fsp3) is 0.651. The van der Waals surface area contributed by atoms with Crippen LogP contribution in [0.5, 0.6) is 23.3 Å². The molecule has 12 rings (SSSR count). The van der Waals surface area contributed by atoms with E-state index in [9.17, 15) is 81.5 Å². The van der Waals surface area contributed by atoms with E-state index in [1.807, 2.05) is 78.0 Å². The van der Waals surface area contributed by atoms with Crippen LogP contribution in [0.3, 0.4) is 0 Å². The van der Waals surface area contributed by atoms with Gasteiger partial charge in [0.2, 0.25) is 55.4 Å². The summed E-state index contributed by atoms with van der Waals surface area (Å²) in [5.41, 5.74) is -7.33. The second kappa shape index (κ2) is 34.0. The summed E-state index contributed by atoms with van der Waals surface area (Å²) in [4.78, 5) is 126. The average molecular weight is 1660 g/mol. The van der Waals surface area contributed by atoms with Crippen molar-refractivity contribution in [3.8, 4) is 23.3 Å². The molecule has 2 aromatic heterocycles. The van der Waals surface area contributed by atoms with Gasteiger partial charge in [0.15, 0.2) is 11.6 Å². The number of Topliss-reactive ketones (excluding diaryl/α,β-unsaturated/α-hetero) is 4. The van der Waals surface area contributed by atoms with Crippen molar-refractivity contribution in [1.29, 1.82) is 0 Å². The Hall–Kier alpha value is -8.02. The van der Waals surface area contributed by atoms with Crippen molar-refractivity contribution < 1.29 is 100 Å². The van der Waals surface area contributed by atoms with Gasteiger partial charge in [0.05, 0.1) is 69.5 Å². The van der Waals surface area contributed by atoms with Crippen LogP contribution in [0.15, 0.2) is 85.2 Å². The highest BCUT2D eigenvalue weighted by Crippen LogP contribution is 2.60. The first-order valence-electron chi connectivity index (χ1n) is 40.9. The van der Waals surface area contributed by atoms with E-state index in [1.165, 1.54) is 9.80 Å². The number of sulfonamides is 2. The van der Waals surface area contributed by atoms with Gasteiger partial charge in [0.25, 0.3) is 0 Å². The third-order valence-corrected chi connectivity index (χ3v) is 30.2. The second-order valence-electron chi connectivity index (χ2n) is 36.3. The number of ether oxygens (including phenoxy) is 4. The number of amides is 4. The van der Waals surface area contributed by atoms with Gasteiger partial charge in [-0.3, -0.25) is 47.8 Å². The van der Waals surface area contributed by atoms with Crippen LogP contribution in [0.4, 0.5) is 26.3 Å². The third kappa shape index (κ3) is 19.6. The SMILES string of the molecule is CCOc1ccc2c(O[C@@H]3C[C@H]4C(=O)C[C@]5(C(=O)NS(=O)(=O)C6(C)CC6)C[C@H]5/C=C\CC[C@@H](C)C[C@@H](C)[C@H](CC(=O)CC(C)(C)C(F)(F)F)C(=O)N4C3)nccc2c1.CCOc1ccc2c(O[C@@H]3C[C@H]4C(=O)C[C@]5(C(=O)NS(=O)(=O)C6(C)CC6)C[C@H]5/C=C\CC[C@H](C)C[C@@H](C)[C@H](CC(=O)CC(C)(C)C(F)(F)F)C(=O)N4C3)nccc2c1. The van der Waals surface area contributed by atoms with E-state index in [0.29, 0.717) is 99.7 Å². The van der Waals surface area contributed by atoms with E-state index < -0.39 is 196 Å². The van der Waals surface area contributed by atoms with Crippen molar-refractivity contribution in [2.24, 2.45) is 69.0 Å². The summed E-state index contributed by atoms with van der Waals surface area (Å²) < 4.78 is 163. The van der Waals surface area contributed by atoms with Crippen LogP contribution in [0.1, 0.15) is 212 Å². The number of alkyl halides is 6. The number of rotatable bonds is 22. The maximum absolute atomic E-state index is 14.9. The van der Waals surface area contributed by atoms with E-state index in [0.717, 1.165) is 38.5 Å².